The van der Waals surface area contributed by atoms with Crippen molar-refractivity contribution >= 4 is 16.9 Å². The van der Waals surface area contributed by atoms with E-state index in [0.29, 0.717) is 5.54 Å². The third-order valence-electron chi connectivity index (χ3n) is 4.63. The van der Waals surface area contributed by atoms with Gasteiger partial charge in [-0.25, -0.2) is 0 Å². The molecule has 1 spiro atoms. The molecule has 3 nitrogen and oxygen atoms in total. The Labute approximate surface area is 108 Å². The van der Waals surface area contributed by atoms with Gasteiger partial charge in [0.1, 0.15) is 0 Å². The van der Waals surface area contributed by atoms with Gasteiger partial charge in [0.15, 0.2) is 5.17 Å². The van der Waals surface area contributed by atoms with E-state index in [4.69, 9.17) is 9.73 Å². The summed E-state index contributed by atoms with van der Waals surface area (Å²) in [5.41, 5.74) is 0.363. The van der Waals surface area contributed by atoms with E-state index < -0.39 is 0 Å². The van der Waals surface area contributed by atoms with Crippen LogP contribution in [0.25, 0.3) is 0 Å². The molecule has 3 aliphatic rings. The molecule has 1 aliphatic carbocycles. The summed E-state index contributed by atoms with van der Waals surface area (Å²) in [6, 6.07) is 0. The van der Waals surface area contributed by atoms with E-state index in [1.54, 1.807) is 0 Å². The largest absolute Gasteiger partial charge is 0.376 e. The third kappa shape index (κ3) is 2.10. The van der Waals surface area contributed by atoms with Crippen LogP contribution in [0.5, 0.6) is 0 Å². The molecular weight excluding hydrogens is 232 g/mol. The van der Waals surface area contributed by atoms with Crippen LogP contribution in [0.4, 0.5) is 0 Å². The average Bonchev–Trinajstić information content (AvgIpc) is 2.96. The fourth-order valence-corrected chi connectivity index (χ4v) is 4.43. The summed E-state index contributed by atoms with van der Waals surface area (Å²) >= 11 is 1.91. The van der Waals surface area contributed by atoms with Crippen LogP contribution in [0.15, 0.2) is 4.99 Å². The van der Waals surface area contributed by atoms with Gasteiger partial charge in [-0.2, -0.15) is 0 Å². The van der Waals surface area contributed by atoms with Crippen LogP contribution in [0.2, 0.25) is 0 Å². The van der Waals surface area contributed by atoms with Crippen LogP contribution in [0.1, 0.15) is 46.0 Å². The Hall–Kier alpha value is -0.220. The average molecular weight is 254 g/mol. The fraction of sp³-hybridized carbons (Fsp3) is 0.923. The van der Waals surface area contributed by atoms with Gasteiger partial charge in [-0.15, -0.1) is 0 Å². The van der Waals surface area contributed by atoms with Crippen molar-refractivity contribution in [3.63, 3.8) is 0 Å². The third-order valence-corrected chi connectivity index (χ3v) is 5.79. The van der Waals surface area contributed by atoms with Gasteiger partial charge >= 0.3 is 0 Å². The lowest BCUT2D eigenvalue weighted by Crippen LogP contribution is -2.42. The van der Waals surface area contributed by atoms with Gasteiger partial charge in [-0.3, -0.25) is 4.99 Å². The van der Waals surface area contributed by atoms with Gasteiger partial charge in [0.05, 0.1) is 11.6 Å². The minimum atomic E-state index is -0.0144. The molecule has 96 valence electrons. The lowest BCUT2D eigenvalue weighted by atomic mass is 9.96. The van der Waals surface area contributed by atoms with Crippen LogP contribution in [-0.2, 0) is 4.74 Å². The van der Waals surface area contributed by atoms with Gasteiger partial charge < -0.3 is 10.1 Å². The number of hydrogen-bond donors (Lipinski definition) is 1. The molecule has 0 aromatic carbocycles. The summed E-state index contributed by atoms with van der Waals surface area (Å²) in [6.07, 6.45) is 6.68. The van der Waals surface area contributed by atoms with E-state index in [-0.39, 0.29) is 11.6 Å². The monoisotopic (exact) mass is 254 g/mol. The predicted octanol–water partition coefficient (Wildman–Crippen LogP) is 2.56. The molecule has 2 atom stereocenters. The molecule has 0 amide bonds. The Kier molecular flexibility index (Phi) is 2.90. The Morgan fingerprint density at radius 3 is 2.76 bits per heavy atom. The number of rotatable bonds is 1. The molecular formula is C13H22N2OS. The van der Waals surface area contributed by atoms with Crippen molar-refractivity contribution in [1.82, 2.24) is 5.32 Å². The van der Waals surface area contributed by atoms with Gasteiger partial charge in [0, 0.05) is 17.9 Å². The number of hydrogen-bond acceptors (Lipinski definition) is 3. The lowest BCUT2D eigenvalue weighted by Gasteiger charge is -2.25. The number of amidine groups is 1. The van der Waals surface area contributed by atoms with Crippen molar-refractivity contribution in [2.24, 2.45) is 4.99 Å². The van der Waals surface area contributed by atoms with E-state index >= 15 is 0 Å². The number of thioether (sulfide) groups is 1. The Bertz CT molecular complexity index is 338. The summed E-state index contributed by atoms with van der Waals surface area (Å²) in [5.74, 6) is 1.21. The molecule has 1 N–H and O–H groups in total. The second-order valence-corrected chi connectivity index (χ2v) is 6.90. The molecule has 2 saturated heterocycles. The van der Waals surface area contributed by atoms with E-state index in [1.807, 2.05) is 11.8 Å². The maximum atomic E-state index is 5.65. The molecule has 2 aliphatic heterocycles. The first-order valence-corrected chi connectivity index (χ1v) is 7.73. The lowest BCUT2D eigenvalue weighted by molar-refractivity contribution is 0.101. The van der Waals surface area contributed by atoms with Crippen LogP contribution in [-0.4, -0.2) is 34.7 Å². The second kappa shape index (κ2) is 4.16. The minimum Gasteiger partial charge on any atom is -0.376 e. The van der Waals surface area contributed by atoms with Crippen LogP contribution < -0.4 is 5.32 Å². The normalized spacial score (nSPS) is 42.5. The number of nitrogens with zero attached hydrogens (tertiary/aromatic N) is 1. The van der Waals surface area contributed by atoms with Crippen molar-refractivity contribution in [3.05, 3.63) is 0 Å². The maximum absolute atomic E-state index is 5.65. The zero-order valence-electron chi connectivity index (χ0n) is 10.8. The molecule has 3 rings (SSSR count). The topological polar surface area (TPSA) is 33.6 Å². The summed E-state index contributed by atoms with van der Waals surface area (Å²) in [5, 5.41) is 4.86. The van der Waals surface area contributed by atoms with Crippen molar-refractivity contribution in [3.8, 4) is 0 Å². The minimum absolute atomic E-state index is 0.0144. The molecule has 2 unspecified atom stereocenters. The Balaban J connectivity index is 1.73. The molecule has 4 heteroatoms. The number of aliphatic imine (C=N–C) groups is 1. The Morgan fingerprint density at radius 1 is 1.35 bits per heavy atom. The van der Waals surface area contributed by atoms with Crippen LogP contribution >= 0.6 is 11.8 Å². The first-order valence-electron chi connectivity index (χ1n) is 6.74. The van der Waals surface area contributed by atoms with Gasteiger partial charge in [0.2, 0.25) is 0 Å². The van der Waals surface area contributed by atoms with E-state index in [9.17, 15) is 0 Å². The Morgan fingerprint density at radius 2 is 2.12 bits per heavy atom. The SMILES string of the molecule is CC1OCCC1(C)N=C1NC2(CCCC2)CS1. The first-order chi connectivity index (χ1) is 8.12. The number of nitrogens with one attached hydrogen (secondary N) is 1. The highest BCUT2D eigenvalue weighted by Crippen LogP contribution is 2.39. The van der Waals surface area contributed by atoms with Gasteiger partial charge in [-0.05, 0) is 33.1 Å². The molecule has 17 heavy (non-hydrogen) atoms. The molecule has 0 aromatic rings. The predicted molar refractivity (Wildman–Crippen MR) is 72.7 cm³/mol. The summed E-state index contributed by atoms with van der Waals surface area (Å²) in [4.78, 5) is 4.95. The van der Waals surface area contributed by atoms with Crippen molar-refractivity contribution < 1.29 is 4.74 Å². The van der Waals surface area contributed by atoms with Gasteiger partial charge in [-0.1, -0.05) is 24.6 Å². The highest BCUT2D eigenvalue weighted by Gasteiger charge is 2.42. The van der Waals surface area contributed by atoms with E-state index in [0.717, 1.165) is 18.2 Å². The first kappa shape index (κ1) is 11.8. The zero-order chi connectivity index (χ0) is 11.9. The van der Waals surface area contributed by atoms with Gasteiger partial charge in [0.25, 0.3) is 0 Å². The van der Waals surface area contributed by atoms with Crippen LogP contribution in [0.3, 0.4) is 0 Å². The molecule has 3 fully saturated rings. The van der Waals surface area contributed by atoms with Crippen molar-refractivity contribution in [2.75, 3.05) is 12.4 Å². The molecule has 0 radical (unpaired) electrons. The fourth-order valence-electron chi connectivity index (χ4n) is 3.09. The summed E-state index contributed by atoms with van der Waals surface area (Å²) in [6.45, 7) is 5.21. The molecule has 2 heterocycles. The highest BCUT2D eigenvalue weighted by molar-refractivity contribution is 8.14. The zero-order valence-corrected chi connectivity index (χ0v) is 11.6. The van der Waals surface area contributed by atoms with E-state index in [1.165, 1.54) is 31.4 Å². The highest BCUT2D eigenvalue weighted by atomic mass is 32.2. The van der Waals surface area contributed by atoms with Crippen molar-refractivity contribution in [2.45, 2.75) is 63.1 Å². The molecule has 0 bridgehead atoms. The van der Waals surface area contributed by atoms with E-state index in [2.05, 4.69) is 19.2 Å². The molecule has 0 aromatic heterocycles. The smallest absolute Gasteiger partial charge is 0.157 e. The number of ether oxygens (including phenoxy) is 1. The molecule has 1 saturated carbocycles. The quantitative estimate of drug-likeness (QED) is 0.781. The summed E-state index contributed by atoms with van der Waals surface area (Å²) < 4.78 is 5.65. The van der Waals surface area contributed by atoms with Crippen LogP contribution in [0, 0.1) is 0 Å². The standard InChI is InChI=1S/C13H22N2OS/c1-10-12(2,7-8-16-10)14-11-15-13(9-17-11)5-3-4-6-13/h10H,3-9H2,1-2H3,(H,14,15). The second-order valence-electron chi connectivity index (χ2n) is 5.94. The maximum Gasteiger partial charge on any atom is 0.157 e. The van der Waals surface area contributed by atoms with Crippen molar-refractivity contribution in [1.29, 1.82) is 0 Å². The summed E-state index contributed by atoms with van der Waals surface area (Å²) in [7, 11) is 0.